The number of carboxylic acids is 2. The number of alkyl halides is 4. The van der Waals surface area contributed by atoms with E-state index in [1.165, 1.54) is 0 Å². The molecular weight excluding hydrogens is 570 g/mol. The molecule has 1 aromatic rings. The molecule has 24 heavy (non-hydrogen) atoms. The van der Waals surface area contributed by atoms with Gasteiger partial charge >= 0.3 is 11.9 Å². The van der Waals surface area contributed by atoms with Gasteiger partial charge in [-0.25, -0.2) is 9.59 Å². The summed E-state index contributed by atoms with van der Waals surface area (Å²) in [7, 11) is 0. The Morgan fingerprint density at radius 3 is 1.21 bits per heavy atom. The molecule has 0 aliphatic rings. The first kappa shape index (κ1) is 21.3. The first-order chi connectivity index (χ1) is 10.8. The molecule has 0 aliphatic carbocycles. The van der Waals surface area contributed by atoms with Crippen LogP contribution in [0.15, 0.2) is 0 Å². The van der Waals surface area contributed by atoms with Crippen molar-refractivity contribution in [3.05, 3.63) is 29.4 Å². The molecule has 1 aromatic carbocycles. The van der Waals surface area contributed by atoms with Gasteiger partial charge in [0, 0.05) is 7.14 Å². The average Bonchev–Trinajstić information content (AvgIpc) is 2.47. The third kappa shape index (κ3) is 3.60. The Kier molecular flexibility index (Phi) is 6.43. The van der Waals surface area contributed by atoms with Crippen molar-refractivity contribution < 1.29 is 47.6 Å². The summed E-state index contributed by atoms with van der Waals surface area (Å²) in [5, 5.41) is 35.9. The van der Waals surface area contributed by atoms with Crippen LogP contribution in [0, 0.1) is 7.14 Å². The van der Waals surface area contributed by atoms with Gasteiger partial charge in [-0.2, -0.15) is 17.6 Å². The van der Waals surface area contributed by atoms with Crippen molar-refractivity contribution in [1.82, 2.24) is 0 Å². The van der Waals surface area contributed by atoms with Gasteiger partial charge in [0.25, 0.3) is 11.8 Å². The molecule has 0 fully saturated rings. The second-order valence-electron chi connectivity index (χ2n) is 4.46. The number of rotatable bonds is 6. The lowest BCUT2D eigenvalue weighted by atomic mass is 9.92. The van der Waals surface area contributed by atoms with E-state index in [0.29, 0.717) is 0 Å². The van der Waals surface area contributed by atoms with Crippen LogP contribution in [0.3, 0.4) is 0 Å². The lowest BCUT2D eigenvalue weighted by Gasteiger charge is -2.25. The molecular formula is C12H8F4I2O6. The highest BCUT2D eigenvalue weighted by molar-refractivity contribution is 14.1. The van der Waals surface area contributed by atoms with E-state index in [0.717, 1.165) is 45.2 Å². The predicted octanol–water partition coefficient (Wildman–Crippen LogP) is 2.46. The number of halogens is 6. The molecule has 12 heteroatoms. The van der Waals surface area contributed by atoms with Crippen molar-refractivity contribution in [1.29, 1.82) is 0 Å². The average molecular weight is 578 g/mol. The van der Waals surface area contributed by atoms with Crippen LogP contribution in [0.5, 0.6) is 0 Å². The van der Waals surface area contributed by atoms with Crippen molar-refractivity contribution in [2.45, 2.75) is 11.8 Å². The Morgan fingerprint density at radius 1 is 0.792 bits per heavy atom. The molecule has 0 atom stereocenters. The maximum Gasteiger partial charge on any atom is 0.337 e. The number of hydrogen-bond acceptors (Lipinski definition) is 4. The molecule has 134 valence electrons. The quantitative estimate of drug-likeness (QED) is 0.305. The molecule has 0 spiro atoms. The summed E-state index contributed by atoms with van der Waals surface area (Å²) >= 11 is 2.02. The molecule has 0 amide bonds. The maximum absolute atomic E-state index is 13.9. The Balaban J connectivity index is 4.19. The minimum Gasteiger partial charge on any atom is -0.478 e. The smallest absolute Gasteiger partial charge is 0.337 e. The molecule has 0 unspecified atom stereocenters. The van der Waals surface area contributed by atoms with Gasteiger partial charge in [-0.05, 0) is 45.2 Å². The van der Waals surface area contributed by atoms with Crippen LogP contribution in [0.4, 0.5) is 17.6 Å². The van der Waals surface area contributed by atoms with Crippen LogP contribution in [-0.2, 0) is 11.8 Å². The SMILES string of the molecule is O=C(O)c1c(I)c(C(F)(F)CO)c(C(=O)O)c(I)c1C(F)(F)CO. The van der Waals surface area contributed by atoms with Gasteiger partial charge in [0.2, 0.25) is 0 Å². The maximum atomic E-state index is 13.9. The summed E-state index contributed by atoms with van der Waals surface area (Å²) in [6.45, 7) is -3.71. The standard InChI is InChI=1S/C12H8F4I2O6/c13-11(14,1-19)5-3(9(21)22)8(18)6(12(15,16)2-20)4(7(5)17)10(23)24/h19-20H,1-2H2,(H,21,22)(H,23,24). The van der Waals surface area contributed by atoms with E-state index in [-0.39, 0.29) is 0 Å². The van der Waals surface area contributed by atoms with Crippen LogP contribution in [-0.4, -0.2) is 45.6 Å². The van der Waals surface area contributed by atoms with E-state index in [4.69, 9.17) is 20.4 Å². The fourth-order valence-electron chi connectivity index (χ4n) is 1.94. The highest BCUT2D eigenvalue weighted by atomic mass is 127. The van der Waals surface area contributed by atoms with Gasteiger partial charge < -0.3 is 20.4 Å². The summed E-state index contributed by atoms with van der Waals surface area (Å²) in [5.74, 6) is -12.4. The largest absolute Gasteiger partial charge is 0.478 e. The highest BCUT2D eigenvalue weighted by Crippen LogP contribution is 2.44. The molecule has 0 aliphatic heterocycles. The third-order valence-electron chi connectivity index (χ3n) is 2.93. The number of aromatic carboxylic acids is 2. The molecule has 0 saturated heterocycles. The molecule has 0 saturated carbocycles. The number of aliphatic hydroxyl groups is 2. The lowest BCUT2D eigenvalue weighted by Crippen LogP contribution is -2.31. The zero-order valence-corrected chi connectivity index (χ0v) is 15.6. The Hall–Kier alpha value is -0.740. The van der Waals surface area contributed by atoms with Gasteiger partial charge in [-0.3, -0.25) is 0 Å². The van der Waals surface area contributed by atoms with Gasteiger partial charge in [0.15, 0.2) is 0 Å². The van der Waals surface area contributed by atoms with Crippen molar-refractivity contribution in [2.75, 3.05) is 13.2 Å². The zero-order chi connectivity index (χ0) is 19.0. The molecule has 1 rings (SSSR count). The zero-order valence-electron chi connectivity index (χ0n) is 11.3. The molecule has 0 bridgehead atoms. The van der Waals surface area contributed by atoms with Crippen LogP contribution in [0.2, 0.25) is 0 Å². The summed E-state index contributed by atoms with van der Waals surface area (Å²) in [4.78, 5) is 22.7. The lowest BCUT2D eigenvalue weighted by molar-refractivity contribution is -0.0609. The molecule has 0 heterocycles. The van der Waals surface area contributed by atoms with Gasteiger partial charge in [-0.1, -0.05) is 0 Å². The summed E-state index contributed by atoms with van der Waals surface area (Å²) in [5.41, 5.74) is -5.27. The highest BCUT2D eigenvalue weighted by Gasteiger charge is 2.46. The van der Waals surface area contributed by atoms with E-state index in [2.05, 4.69) is 0 Å². The van der Waals surface area contributed by atoms with E-state index < -0.39 is 66.4 Å². The number of carbonyl (C=O) groups is 2. The third-order valence-corrected chi connectivity index (χ3v) is 5.09. The summed E-state index contributed by atoms with van der Waals surface area (Å²) in [6.07, 6.45) is 0. The Morgan fingerprint density at radius 2 is 1.04 bits per heavy atom. The minimum absolute atomic E-state index is 0.958. The van der Waals surface area contributed by atoms with Crippen LogP contribution < -0.4 is 0 Å². The topological polar surface area (TPSA) is 115 Å². The van der Waals surface area contributed by atoms with E-state index >= 15 is 0 Å². The predicted molar refractivity (Wildman–Crippen MR) is 87.8 cm³/mol. The van der Waals surface area contributed by atoms with Crippen molar-refractivity contribution >= 4 is 57.1 Å². The number of carboxylic acid groups (broad SMARTS) is 2. The summed E-state index contributed by atoms with van der Waals surface area (Å²) in [6, 6.07) is 0. The van der Waals surface area contributed by atoms with Gasteiger partial charge in [-0.15, -0.1) is 0 Å². The van der Waals surface area contributed by atoms with Crippen LogP contribution >= 0.6 is 45.2 Å². The number of benzene rings is 1. The second kappa shape index (κ2) is 7.25. The molecule has 6 nitrogen and oxygen atoms in total. The van der Waals surface area contributed by atoms with Crippen LogP contribution in [0.1, 0.15) is 31.8 Å². The van der Waals surface area contributed by atoms with Gasteiger partial charge in [0.05, 0.1) is 22.3 Å². The van der Waals surface area contributed by atoms with Crippen molar-refractivity contribution in [2.24, 2.45) is 0 Å². The van der Waals surface area contributed by atoms with E-state index in [1.807, 2.05) is 0 Å². The minimum atomic E-state index is -4.18. The van der Waals surface area contributed by atoms with E-state index in [1.54, 1.807) is 0 Å². The monoisotopic (exact) mass is 578 g/mol. The first-order valence-electron chi connectivity index (χ1n) is 5.83. The molecule has 0 aromatic heterocycles. The normalized spacial score (nSPS) is 12.3. The molecule has 4 N–H and O–H groups in total. The second-order valence-corrected chi connectivity index (χ2v) is 6.62. The Bertz CT molecular complexity index is 648. The van der Waals surface area contributed by atoms with Crippen LogP contribution in [0.25, 0.3) is 0 Å². The van der Waals surface area contributed by atoms with Gasteiger partial charge in [0.1, 0.15) is 13.2 Å². The summed E-state index contributed by atoms with van der Waals surface area (Å²) < 4.78 is 53.9. The Labute approximate surface area is 158 Å². The fraction of sp³-hybridized carbons (Fsp3) is 0.333. The number of aliphatic hydroxyl groups excluding tert-OH is 2. The van der Waals surface area contributed by atoms with Crippen molar-refractivity contribution in [3.63, 3.8) is 0 Å². The molecule has 0 radical (unpaired) electrons. The van der Waals surface area contributed by atoms with Crippen molar-refractivity contribution in [3.8, 4) is 0 Å². The first-order valence-corrected chi connectivity index (χ1v) is 7.99. The van der Waals surface area contributed by atoms with E-state index in [9.17, 15) is 27.2 Å². The fourth-order valence-corrected chi connectivity index (χ4v) is 4.26. The number of hydrogen-bond donors (Lipinski definition) is 4.